The van der Waals surface area contributed by atoms with Gasteiger partial charge in [0.05, 0.1) is 17.1 Å². The number of pyridine rings is 1. The van der Waals surface area contributed by atoms with Crippen molar-refractivity contribution in [2.24, 2.45) is 5.73 Å². The minimum absolute atomic E-state index is 0.124. The summed E-state index contributed by atoms with van der Waals surface area (Å²) < 4.78 is 23.3. The first-order valence-electron chi connectivity index (χ1n) is 6.05. The number of rotatable bonds is 2. The van der Waals surface area contributed by atoms with Crippen molar-refractivity contribution < 1.29 is 8.42 Å². The molecule has 2 heterocycles. The summed E-state index contributed by atoms with van der Waals surface area (Å²) in [4.78, 5) is 6.74. The quantitative estimate of drug-likeness (QED) is 0.808. The maximum Gasteiger partial charge on any atom is 0.154 e. The molecule has 1 aromatic heterocycles. The molecular formula is C12H17N3O2S2. The molecule has 0 saturated carbocycles. The third-order valence-electron chi connectivity index (χ3n) is 3.22. The lowest BCUT2D eigenvalue weighted by Gasteiger charge is -2.35. The van der Waals surface area contributed by atoms with E-state index in [0.717, 1.165) is 5.69 Å². The molecule has 0 amide bonds. The highest BCUT2D eigenvalue weighted by atomic mass is 32.2. The number of nitrogens with two attached hydrogens (primary N) is 1. The Morgan fingerprint density at radius 2 is 2.21 bits per heavy atom. The molecule has 0 aromatic carbocycles. The van der Waals surface area contributed by atoms with Crippen molar-refractivity contribution in [1.82, 2.24) is 4.98 Å². The van der Waals surface area contributed by atoms with Gasteiger partial charge in [-0.05, 0) is 26.0 Å². The number of nitrogens with zero attached hydrogens (tertiary/aromatic N) is 2. The molecule has 1 atom stereocenters. The first-order chi connectivity index (χ1) is 8.80. The van der Waals surface area contributed by atoms with E-state index in [-0.39, 0.29) is 22.5 Å². The molecule has 2 N–H and O–H groups in total. The van der Waals surface area contributed by atoms with Crippen LogP contribution in [0.15, 0.2) is 12.1 Å². The molecule has 0 bridgehead atoms. The first-order valence-corrected chi connectivity index (χ1v) is 8.27. The maximum atomic E-state index is 11.6. The minimum Gasteiger partial charge on any atom is -0.389 e. The van der Waals surface area contributed by atoms with Crippen LogP contribution < -0.4 is 10.6 Å². The van der Waals surface area contributed by atoms with E-state index in [2.05, 4.69) is 4.98 Å². The second-order valence-electron chi connectivity index (χ2n) is 4.84. The summed E-state index contributed by atoms with van der Waals surface area (Å²) >= 11 is 5.04. The number of aromatic nitrogens is 1. The molecule has 7 heteroatoms. The Bertz CT molecular complexity index is 613. The van der Waals surface area contributed by atoms with Gasteiger partial charge in [0.15, 0.2) is 9.84 Å². The smallest absolute Gasteiger partial charge is 0.154 e. The number of aryl methyl sites for hydroxylation is 1. The summed E-state index contributed by atoms with van der Waals surface area (Å²) in [5.74, 6) is 0.971. The summed E-state index contributed by atoms with van der Waals surface area (Å²) in [5, 5.41) is 0. The van der Waals surface area contributed by atoms with E-state index in [1.165, 1.54) is 0 Å². The van der Waals surface area contributed by atoms with Crippen molar-refractivity contribution in [3.05, 3.63) is 23.4 Å². The third kappa shape index (κ3) is 3.03. The normalized spacial score (nSPS) is 22.2. The summed E-state index contributed by atoms with van der Waals surface area (Å²) in [6, 6.07) is 3.57. The molecule has 1 aromatic rings. The van der Waals surface area contributed by atoms with Gasteiger partial charge in [-0.2, -0.15) is 0 Å². The van der Waals surface area contributed by atoms with E-state index in [1.807, 2.05) is 30.9 Å². The molecule has 1 fully saturated rings. The fourth-order valence-corrected chi connectivity index (χ4v) is 3.98. The Kier molecular flexibility index (Phi) is 3.78. The van der Waals surface area contributed by atoms with Crippen LogP contribution in [0.5, 0.6) is 0 Å². The maximum absolute atomic E-state index is 11.6. The Balaban J connectivity index is 2.42. The van der Waals surface area contributed by atoms with Gasteiger partial charge in [-0.25, -0.2) is 13.4 Å². The van der Waals surface area contributed by atoms with Gasteiger partial charge < -0.3 is 10.6 Å². The SMILES string of the molecule is Cc1ccc(C(N)=S)c(N2CCS(=O)(=O)CC2C)n1. The van der Waals surface area contributed by atoms with Crippen molar-refractivity contribution in [1.29, 1.82) is 0 Å². The fraction of sp³-hybridized carbons (Fsp3) is 0.500. The van der Waals surface area contributed by atoms with Crippen LogP contribution in [0.3, 0.4) is 0 Å². The molecule has 19 heavy (non-hydrogen) atoms. The summed E-state index contributed by atoms with van der Waals surface area (Å²) in [6.07, 6.45) is 0. The lowest BCUT2D eigenvalue weighted by Crippen LogP contribution is -2.48. The molecule has 1 saturated heterocycles. The van der Waals surface area contributed by atoms with Gasteiger partial charge in [-0.1, -0.05) is 12.2 Å². The van der Waals surface area contributed by atoms with Crippen molar-refractivity contribution in [3.8, 4) is 0 Å². The standard InChI is InChI=1S/C12H17N3O2S2/c1-8-3-4-10(11(13)18)12(14-8)15-5-6-19(16,17)7-9(15)2/h3-4,9H,5-7H2,1-2H3,(H2,13,18). The number of sulfone groups is 1. The largest absolute Gasteiger partial charge is 0.389 e. The predicted octanol–water partition coefficient (Wildman–Crippen LogP) is 0.648. The van der Waals surface area contributed by atoms with Crippen molar-refractivity contribution in [2.75, 3.05) is 23.0 Å². The van der Waals surface area contributed by atoms with Gasteiger partial charge in [0.2, 0.25) is 0 Å². The van der Waals surface area contributed by atoms with E-state index in [4.69, 9.17) is 18.0 Å². The van der Waals surface area contributed by atoms with E-state index < -0.39 is 9.84 Å². The second kappa shape index (κ2) is 5.05. The van der Waals surface area contributed by atoms with Crippen molar-refractivity contribution >= 4 is 32.9 Å². The zero-order valence-corrected chi connectivity index (χ0v) is 12.6. The Morgan fingerprint density at radius 3 is 2.79 bits per heavy atom. The average molecular weight is 299 g/mol. The zero-order valence-electron chi connectivity index (χ0n) is 11.0. The van der Waals surface area contributed by atoms with Gasteiger partial charge in [0.25, 0.3) is 0 Å². The predicted molar refractivity (Wildman–Crippen MR) is 80.3 cm³/mol. The van der Waals surface area contributed by atoms with E-state index in [0.29, 0.717) is 17.9 Å². The molecule has 1 aliphatic rings. The summed E-state index contributed by atoms with van der Waals surface area (Å²) in [5.41, 5.74) is 7.27. The molecule has 104 valence electrons. The van der Waals surface area contributed by atoms with Crippen LogP contribution in [0.25, 0.3) is 0 Å². The highest BCUT2D eigenvalue weighted by Crippen LogP contribution is 2.24. The average Bonchev–Trinajstić information content (AvgIpc) is 2.27. The molecule has 1 unspecified atom stereocenters. The van der Waals surface area contributed by atoms with Crippen LogP contribution in [0.4, 0.5) is 5.82 Å². The van der Waals surface area contributed by atoms with Crippen LogP contribution >= 0.6 is 12.2 Å². The van der Waals surface area contributed by atoms with Gasteiger partial charge in [0, 0.05) is 18.3 Å². The van der Waals surface area contributed by atoms with Crippen LogP contribution in [0.2, 0.25) is 0 Å². The minimum atomic E-state index is -2.95. The van der Waals surface area contributed by atoms with Crippen LogP contribution in [-0.2, 0) is 9.84 Å². The zero-order chi connectivity index (χ0) is 14.2. The number of anilines is 1. The first kappa shape index (κ1) is 14.2. The molecule has 5 nitrogen and oxygen atoms in total. The Labute approximate surface area is 118 Å². The van der Waals surface area contributed by atoms with Crippen LogP contribution in [0, 0.1) is 6.92 Å². The Morgan fingerprint density at radius 1 is 1.53 bits per heavy atom. The molecule has 0 radical (unpaired) electrons. The third-order valence-corrected chi connectivity index (χ3v) is 5.24. The lowest BCUT2D eigenvalue weighted by atomic mass is 10.2. The van der Waals surface area contributed by atoms with Gasteiger partial charge >= 0.3 is 0 Å². The monoisotopic (exact) mass is 299 g/mol. The Hall–Kier alpha value is -1.21. The van der Waals surface area contributed by atoms with Crippen molar-refractivity contribution in [2.45, 2.75) is 19.9 Å². The van der Waals surface area contributed by atoms with Crippen molar-refractivity contribution in [3.63, 3.8) is 0 Å². The topological polar surface area (TPSA) is 76.3 Å². The summed E-state index contributed by atoms with van der Waals surface area (Å²) in [6.45, 7) is 4.19. The van der Waals surface area contributed by atoms with E-state index >= 15 is 0 Å². The molecule has 2 rings (SSSR count). The van der Waals surface area contributed by atoms with E-state index in [9.17, 15) is 8.42 Å². The number of hydrogen-bond acceptors (Lipinski definition) is 5. The van der Waals surface area contributed by atoms with Gasteiger partial charge in [0.1, 0.15) is 10.8 Å². The lowest BCUT2D eigenvalue weighted by molar-refractivity contribution is 0.566. The summed E-state index contributed by atoms with van der Waals surface area (Å²) in [7, 11) is -2.95. The van der Waals surface area contributed by atoms with E-state index in [1.54, 1.807) is 0 Å². The van der Waals surface area contributed by atoms with Crippen LogP contribution in [-0.4, -0.2) is 42.5 Å². The molecular weight excluding hydrogens is 282 g/mol. The fourth-order valence-electron chi connectivity index (χ4n) is 2.27. The highest BCUT2D eigenvalue weighted by molar-refractivity contribution is 7.91. The number of thiocarbonyl (C=S) groups is 1. The molecule has 0 aliphatic carbocycles. The molecule has 0 spiro atoms. The highest BCUT2D eigenvalue weighted by Gasteiger charge is 2.30. The van der Waals surface area contributed by atoms with Gasteiger partial charge in [-0.15, -0.1) is 0 Å². The van der Waals surface area contributed by atoms with Crippen LogP contribution in [0.1, 0.15) is 18.2 Å². The van der Waals surface area contributed by atoms with Gasteiger partial charge in [-0.3, -0.25) is 0 Å². The second-order valence-corrected chi connectivity index (χ2v) is 7.51. The number of hydrogen-bond donors (Lipinski definition) is 1. The molecule has 1 aliphatic heterocycles.